The number of halogens is 1. The largest absolute Gasteiger partial charge is 0.378 e. The summed E-state index contributed by atoms with van der Waals surface area (Å²) >= 11 is 1.79. The van der Waals surface area contributed by atoms with Gasteiger partial charge in [-0.2, -0.15) is 0 Å². The number of hydrogen-bond acceptors (Lipinski definition) is 5. The molecule has 2 heterocycles. The molecule has 0 bridgehead atoms. The van der Waals surface area contributed by atoms with Gasteiger partial charge in [0.25, 0.3) is 0 Å². The Bertz CT molecular complexity index is 602. The summed E-state index contributed by atoms with van der Waals surface area (Å²) in [7, 11) is 1.85. The van der Waals surface area contributed by atoms with Gasteiger partial charge in [-0.25, -0.2) is 4.98 Å². The van der Waals surface area contributed by atoms with E-state index in [-0.39, 0.29) is 24.0 Å². The van der Waals surface area contributed by atoms with Gasteiger partial charge in [-0.15, -0.1) is 35.3 Å². The molecule has 1 atom stereocenters. The SMILES string of the molecule is CCOC(CCNC(=NC)NCC1CCN(Cc2csc(CC)n2)CC1)C(C)C.I. The fraction of sp³-hybridized carbons (Fsp3) is 0.818. The van der Waals surface area contributed by atoms with Crippen molar-refractivity contribution in [3.63, 3.8) is 0 Å². The number of thiazole rings is 1. The van der Waals surface area contributed by atoms with E-state index < -0.39 is 0 Å². The maximum absolute atomic E-state index is 5.83. The predicted octanol–water partition coefficient (Wildman–Crippen LogP) is 4.15. The molecule has 1 aromatic heterocycles. The highest BCUT2D eigenvalue weighted by Crippen LogP contribution is 2.19. The van der Waals surface area contributed by atoms with Gasteiger partial charge in [-0.3, -0.25) is 9.89 Å². The minimum absolute atomic E-state index is 0. The van der Waals surface area contributed by atoms with Crippen LogP contribution in [-0.4, -0.2) is 61.8 Å². The minimum Gasteiger partial charge on any atom is -0.378 e. The van der Waals surface area contributed by atoms with Crippen molar-refractivity contribution >= 4 is 41.3 Å². The van der Waals surface area contributed by atoms with Crippen molar-refractivity contribution in [1.82, 2.24) is 20.5 Å². The molecule has 0 aromatic carbocycles. The molecule has 1 unspecified atom stereocenters. The number of aryl methyl sites for hydroxylation is 1. The lowest BCUT2D eigenvalue weighted by molar-refractivity contribution is 0.0258. The molecule has 174 valence electrons. The van der Waals surface area contributed by atoms with Gasteiger partial charge in [0.1, 0.15) is 0 Å². The first-order valence-corrected chi connectivity index (χ1v) is 12.1. The number of nitrogens with zero attached hydrogens (tertiary/aromatic N) is 3. The van der Waals surface area contributed by atoms with E-state index in [0.717, 1.165) is 58.1 Å². The van der Waals surface area contributed by atoms with Gasteiger partial charge in [-0.1, -0.05) is 20.8 Å². The molecule has 30 heavy (non-hydrogen) atoms. The second-order valence-electron chi connectivity index (χ2n) is 8.21. The summed E-state index contributed by atoms with van der Waals surface area (Å²) in [4.78, 5) is 11.6. The third kappa shape index (κ3) is 9.78. The molecule has 1 fully saturated rings. The highest BCUT2D eigenvalue weighted by atomic mass is 127. The van der Waals surface area contributed by atoms with Crippen LogP contribution in [0.2, 0.25) is 0 Å². The standard InChI is InChI=1S/C22H41N5OS.HI/c1-6-21-26-19(16-29-21)15-27-12-9-18(10-13-27)14-25-22(23-5)24-11-8-20(17(3)4)28-7-2;/h16-18,20H,6-15H2,1-5H3,(H2,23,24,25);1H. The summed E-state index contributed by atoms with van der Waals surface area (Å²) in [5.41, 5.74) is 1.24. The van der Waals surface area contributed by atoms with Crippen LogP contribution in [-0.2, 0) is 17.7 Å². The molecule has 1 saturated heterocycles. The molecule has 2 rings (SSSR count). The Kier molecular flexibility index (Phi) is 14.1. The Morgan fingerprint density at radius 2 is 2.03 bits per heavy atom. The van der Waals surface area contributed by atoms with Crippen molar-refractivity contribution in [3.05, 3.63) is 16.1 Å². The molecule has 0 amide bonds. The van der Waals surface area contributed by atoms with Crippen LogP contribution in [0.25, 0.3) is 0 Å². The Hall–Kier alpha value is -0.450. The fourth-order valence-electron chi connectivity index (χ4n) is 3.78. The van der Waals surface area contributed by atoms with Crippen LogP contribution < -0.4 is 10.6 Å². The first kappa shape index (κ1) is 27.6. The number of likely N-dealkylation sites (tertiary alicyclic amines) is 1. The Balaban J connectivity index is 0.00000450. The molecule has 1 aromatic rings. The van der Waals surface area contributed by atoms with Crippen LogP contribution in [0.1, 0.15) is 57.7 Å². The van der Waals surface area contributed by atoms with Crippen LogP contribution >= 0.6 is 35.3 Å². The van der Waals surface area contributed by atoms with E-state index in [0.29, 0.717) is 17.9 Å². The Labute approximate surface area is 204 Å². The van der Waals surface area contributed by atoms with E-state index in [1.807, 2.05) is 7.05 Å². The topological polar surface area (TPSA) is 61.8 Å². The van der Waals surface area contributed by atoms with Crippen LogP contribution in [0.3, 0.4) is 0 Å². The van der Waals surface area contributed by atoms with Crippen molar-refractivity contribution in [1.29, 1.82) is 0 Å². The van der Waals surface area contributed by atoms with Gasteiger partial charge in [-0.05, 0) is 57.5 Å². The summed E-state index contributed by atoms with van der Waals surface area (Å²) in [6.45, 7) is 14.6. The number of rotatable bonds is 11. The lowest BCUT2D eigenvalue weighted by atomic mass is 9.97. The average molecular weight is 552 g/mol. The normalized spacial score (nSPS) is 17.1. The van der Waals surface area contributed by atoms with Crippen LogP contribution in [0, 0.1) is 11.8 Å². The number of ether oxygens (including phenoxy) is 1. The van der Waals surface area contributed by atoms with E-state index in [1.54, 1.807) is 11.3 Å². The third-order valence-corrected chi connectivity index (χ3v) is 6.66. The quantitative estimate of drug-likeness (QED) is 0.246. The van der Waals surface area contributed by atoms with Gasteiger partial charge in [0.2, 0.25) is 0 Å². The maximum Gasteiger partial charge on any atom is 0.190 e. The molecule has 0 aliphatic carbocycles. The van der Waals surface area contributed by atoms with Crippen LogP contribution in [0.5, 0.6) is 0 Å². The monoisotopic (exact) mass is 551 g/mol. The molecule has 0 spiro atoms. The van der Waals surface area contributed by atoms with E-state index in [4.69, 9.17) is 9.72 Å². The summed E-state index contributed by atoms with van der Waals surface area (Å²) in [6.07, 6.45) is 4.81. The zero-order chi connectivity index (χ0) is 21.1. The lowest BCUT2D eigenvalue weighted by Crippen LogP contribution is -2.43. The van der Waals surface area contributed by atoms with Crippen molar-refractivity contribution in [2.45, 2.75) is 66.0 Å². The fourth-order valence-corrected chi connectivity index (χ4v) is 4.52. The number of nitrogens with one attached hydrogen (secondary N) is 2. The molecule has 0 saturated carbocycles. The van der Waals surface area contributed by atoms with Gasteiger partial charge >= 0.3 is 0 Å². The van der Waals surface area contributed by atoms with Gasteiger partial charge < -0.3 is 15.4 Å². The van der Waals surface area contributed by atoms with Gasteiger partial charge in [0, 0.05) is 38.7 Å². The molecular formula is C22H42IN5OS. The molecule has 1 aliphatic heterocycles. The number of piperidine rings is 1. The molecular weight excluding hydrogens is 509 g/mol. The first-order valence-electron chi connectivity index (χ1n) is 11.3. The van der Waals surface area contributed by atoms with E-state index in [9.17, 15) is 0 Å². The molecule has 1 aliphatic rings. The molecule has 6 nitrogen and oxygen atoms in total. The second kappa shape index (κ2) is 15.4. The van der Waals surface area contributed by atoms with Crippen molar-refractivity contribution in [3.8, 4) is 0 Å². The Morgan fingerprint density at radius 3 is 2.60 bits per heavy atom. The van der Waals surface area contributed by atoms with Gasteiger partial charge in [0.15, 0.2) is 5.96 Å². The third-order valence-electron chi connectivity index (χ3n) is 5.62. The smallest absolute Gasteiger partial charge is 0.190 e. The summed E-state index contributed by atoms with van der Waals surface area (Å²) in [5.74, 6) is 2.15. The highest BCUT2D eigenvalue weighted by Gasteiger charge is 2.20. The number of aromatic nitrogens is 1. The first-order chi connectivity index (χ1) is 14.0. The van der Waals surface area contributed by atoms with Crippen molar-refractivity contribution in [2.24, 2.45) is 16.8 Å². The second-order valence-corrected chi connectivity index (χ2v) is 9.15. The maximum atomic E-state index is 5.83. The molecule has 2 N–H and O–H groups in total. The Morgan fingerprint density at radius 1 is 1.30 bits per heavy atom. The predicted molar refractivity (Wildman–Crippen MR) is 139 cm³/mol. The van der Waals surface area contributed by atoms with Crippen LogP contribution in [0.4, 0.5) is 0 Å². The summed E-state index contributed by atoms with van der Waals surface area (Å²) < 4.78 is 5.83. The lowest BCUT2D eigenvalue weighted by Gasteiger charge is -2.31. The number of hydrogen-bond donors (Lipinski definition) is 2. The van der Waals surface area contributed by atoms with E-state index in [1.165, 1.54) is 23.5 Å². The van der Waals surface area contributed by atoms with Gasteiger partial charge in [0.05, 0.1) is 16.8 Å². The molecule has 8 heteroatoms. The molecule has 0 radical (unpaired) electrons. The minimum atomic E-state index is 0. The van der Waals surface area contributed by atoms with Crippen molar-refractivity contribution in [2.75, 3.05) is 39.8 Å². The number of aliphatic imine (C=N–C) groups is 1. The summed E-state index contributed by atoms with van der Waals surface area (Å²) in [6, 6.07) is 0. The zero-order valence-corrected chi connectivity index (χ0v) is 22.6. The van der Waals surface area contributed by atoms with Crippen LogP contribution in [0.15, 0.2) is 10.4 Å². The number of guanidine groups is 1. The van der Waals surface area contributed by atoms with E-state index >= 15 is 0 Å². The van der Waals surface area contributed by atoms with E-state index in [2.05, 4.69) is 53.6 Å². The summed E-state index contributed by atoms with van der Waals surface area (Å²) in [5, 5.41) is 10.4. The zero-order valence-electron chi connectivity index (χ0n) is 19.4. The highest BCUT2D eigenvalue weighted by molar-refractivity contribution is 14.0. The average Bonchev–Trinajstić information content (AvgIpc) is 3.18. The van der Waals surface area contributed by atoms with Crippen molar-refractivity contribution < 1.29 is 4.74 Å².